The van der Waals surface area contributed by atoms with Gasteiger partial charge < -0.3 is 10.4 Å². The zero-order valence-corrected chi connectivity index (χ0v) is 9.75. The molecule has 0 unspecified atom stereocenters. The van der Waals surface area contributed by atoms with Crippen molar-refractivity contribution in [3.8, 4) is 0 Å². The highest BCUT2D eigenvalue weighted by Gasteiger charge is 2.33. The van der Waals surface area contributed by atoms with E-state index in [9.17, 15) is 18.0 Å². The van der Waals surface area contributed by atoms with Crippen molar-refractivity contribution in [3.63, 3.8) is 0 Å². The molecule has 0 bridgehead atoms. The Labute approximate surface area is 101 Å². The second-order valence-electron chi connectivity index (χ2n) is 4.34. The van der Waals surface area contributed by atoms with Crippen LogP contribution in [-0.2, 0) is 11.0 Å². The summed E-state index contributed by atoms with van der Waals surface area (Å²) in [6, 6.07) is 0.745. The normalized spacial score (nSPS) is 12.3. The molecule has 100 valence electrons. The SMILES string of the molecule is CC(C)(CC(=O)O)Nc1nccc(C(F)(F)F)n1. The minimum absolute atomic E-state index is 0.254. The van der Waals surface area contributed by atoms with Gasteiger partial charge in [-0.3, -0.25) is 4.79 Å². The maximum atomic E-state index is 12.4. The van der Waals surface area contributed by atoms with E-state index in [-0.39, 0.29) is 12.4 Å². The van der Waals surface area contributed by atoms with Crippen LogP contribution in [0.3, 0.4) is 0 Å². The van der Waals surface area contributed by atoms with Crippen LogP contribution < -0.4 is 5.32 Å². The number of carboxylic acid groups (broad SMARTS) is 1. The Kier molecular flexibility index (Phi) is 3.78. The lowest BCUT2D eigenvalue weighted by Gasteiger charge is -2.24. The van der Waals surface area contributed by atoms with Crippen molar-refractivity contribution in [1.29, 1.82) is 0 Å². The maximum Gasteiger partial charge on any atom is 0.433 e. The number of nitrogens with one attached hydrogen (secondary N) is 1. The number of anilines is 1. The average Bonchev–Trinajstić information content (AvgIpc) is 2.13. The Bertz CT molecular complexity index is 446. The summed E-state index contributed by atoms with van der Waals surface area (Å²) in [7, 11) is 0. The lowest BCUT2D eigenvalue weighted by Crippen LogP contribution is -2.34. The van der Waals surface area contributed by atoms with Crippen LogP contribution in [0.25, 0.3) is 0 Å². The molecule has 0 radical (unpaired) electrons. The Morgan fingerprint density at radius 3 is 2.56 bits per heavy atom. The monoisotopic (exact) mass is 263 g/mol. The van der Waals surface area contributed by atoms with Gasteiger partial charge in [-0.15, -0.1) is 0 Å². The molecule has 2 N–H and O–H groups in total. The summed E-state index contributed by atoms with van der Waals surface area (Å²) >= 11 is 0. The highest BCUT2D eigenvalue weighted by Crippen LogP contribution is 2.28. The maximum absolute atomic E-state index is 12.4. The van der Waals surface area contributed by atoms with E-state index in [1.807, 2.05) is 0 Å². The van der Waals surface area contributed by atoms with Crippen molar-refractivity contribution >= 4 is 11.9 Å². The zero-order valence-electron chi connectivity index (χ0n) is 9.75. The van der Waals surface area contributed by atoms with Crippen LogP contribution in [0.15, 0.2) is 12.3 Å². The smallest absolute Gasteiger partial charge is 0.433 e. The molecule has 18 heavy (non-hydrogen) atoms. The standard InChI is InChI=1S/C10H12F3N3O2/c1-9(2,5-7(17)18)16-8-14-4-3-6(15-8)10(11,12)13/h3-4H,5H2,1-2H3,(H,17,18)(H,14,15,16). The van der Waals surface area contributed by atoms with Crippen LogP contribution in [0.5, 0.6) is 0 Å². The minimum Gasteiger partial charge on any atom is -0.481 e. The molecule has 1 heterocycles. The number of halogens is 3. The third-order valence-corrected chi connectivity index (χ3v) is 1.99. The second kappa shape index (κ2) is 4.79. The van der Waals surface area contributed by atoms with E-state index in [4.69, 9.17) is 5.11 Å². The van der Waals surface area contributed by atoms with Gasteiger partial charge in [-0.2, -0.15) is 13.2 Å². The van der Waals surface area contributed by atoms with Crippen molar-refractivity contribution in [2.24, 2.45) is 0 Å². The van der Waals surface area contributed by atoms with E-state index in [1.165, 1.54) is 13.8 Å². The number of carboxylic acids is 1. The summed E-state index contributed by atoms with van der Waals surface area (Å²) in [6.45, 7) is 3.06. The summed E-state index contributed by atoms with van der Waals surface area (Å²) < 4.78 is 37.2. The van der Waals surface area contributed by atoms with Crippen molar-refractivity contribution in [2.75, 3.05) is 5.32 Å². The number of aromatic nitrogens is 2. The molecule has 0 spiro atoms. The molecular formula is C10H12F3N3O2. The molecule has 1 aromatic rings. The first kappa shape index (κ1) is 14.2. The lowest BCUT2D eigenvalue weighted by atomic mass is 10.0. The number of hydrogen-bond acceptors (Lipinski definition) is 4. The lowest BCUT2D eigenvalue weighted by molar-refractivity contribution is -0.141. The fraction of sp³-hybridized carbons (Fsp3) is 0.500. The van der Waals surface area contributed by atoms with Crippen LogP contribution in [0.4, 0.5) is 19.1 Å². The molecule has 0 atom stereocenters. The number of rotatable bonds is 4. The van der Waals surface area contributed by atoms with Crippen molar-refractivity contribution in [3.05, 3.63) is 18.0 Å². The van der Waals surface area contributed by atoms with Crippen molar-refractivity contribution in [2.45, 2.75) is 32.0 Å². The van der Waals surface area contributed by atoms with E-state index >= 15 is 0 Å². The number of carbonyl (C=O) groups is 1. The van der Waals surface area contributed by atoms with Crippen molar-refractivity contribution in [1.82, 2.24) is 9.97 Å². The summed E-state index contributed by atoms with van der Waals surface area (Å²) in [5.41, 5.74) is -2.03. The minimum atomic E-state index is -4.56. The Morgan fingerprint density at radius 1 is 1.44 bits per heavy atom. The van der Waals surface area contributed by atoms with Gasteiger partial charge in [0.2, 0.25) is 5.95 Å². The zero-order chi connectivity index (χ0) is 14.0. The predicted octanol–water partition coefficient (Wildman–Crippen LogP) is 2.16. The van der Waals surface area contributed by atoms with Crippen LogP contribution >= 0.6 is 0 Å². The number of nitrogens with zero attached hydrogens (tertiary/aromatic N) is 2. The molecule has 1 aromatic heterocycles. The van der Waals surface area contributed by atoms with Crippen LogP contribution in [0.1, 0.15) is 26.0 Å². The van der Waals surface area contributed by atoms with E-state index in [2.05, 4.69) is 15.3 Å². The summed E-state index contributed by atoms with van der Waals surface area (Å²) in [5.74, 6) is -1.32. The number of hydrogen-bond donors (Lipinski definition) is 2. The van der Waals surface area contributed by atoms with E-state index in [0.717, 1.165) is 12.3 Å². The number of aliphatic carboxylic acids is 1. The number of alkyl halides is 3. The molecule has 0 amide bonds. The third-order valence-electron chi connectivity index (χ3n) is 1.99. The Morgan fingerprint density at radius 2 is 2.06 bits per heavy atom. The van der Waals surface area contributed by atoms with Gasteiger partial charge >= 0.3 is 12.1 Å². The third kappa shape index (κ3) is 4.19. The average molecular weight is 263 g/mol. The quantitative estimate of drug-likeness (QED) is 0.870. The Hall–Kier alpha value is -1.86. The first-order valence-corrected chi connectivity index (χ1v) is 5.00. The molecule has 0 fully saturated rings. The molecule has 0 aliphatic carbocycles. The predicted molar refractivity (Wildman–Crippen MR) is 57.0 cm³/mol. The van der Waals surface area contributed by atoms with Gasteiger partial charge in [0, 0.05) is 11.7 Å². The molecule has 0 aromatic carbocycles. The second-order valence-corrected chi connectivity index (χ2v) is 4.34. The summed E-state index contributed by atoms with van der Waals surface area (Å²) in [5, 5.41) is 11.2. The summed E-state index contributed by atoms with van der Waals surface area (Å²) in [6.07, 6.45) is -3.86. The molecule has 0 aliphatic heterocycles. The first-order valence-electron chi connectivity index (χ1n) is 5.00. The van der Waals surface area contributed by atoms with Crippen LogP contribution in [-0.4, -0.2) is 26.6 Å². The van der Waals surface area contributed by atoms with Gasteiger partial charge in [0.1, 0.15) is 5.69 Å². The molecular weight excluding hydrogens is 251 g/mol. The van der Waals surface area contributed by atoms with E-state index < -0.39 is 23.4 Å². The van der Waals surface area contributed by atoms with Gasteiger partial charge in [-0.25, -0.2) is 9.97 Å². The highest BCUT2D eigenvalue weighted by atomic mass is 19.4. The molecule has 8 heteroatoms. The Balaban J connectivity index is 2.89. The van der Waals surface area contributed by atoms with E-state index in [0.29, 0.717) is 0 Å². The fourth-order valence-electron chi connectivity index (χ4n) is 1.30. The molecule has 0 aliphatic rings. The van der Waals surface area contributed by atoms with Gasteiger partial charge in [-0.1, -0.05) is 0 Å². The van der Waals surface area contributed by atoms with Gasteiger partial charge in [0.25, 0.3) is 0 Å². The molecule has 0 saturated heterocycles. The first-order chi connectivity index (χ1) is 8.10. The van der Waals surface area contributed by atoms with Gasteiger partial charge in [0.05, 0.1) is 6.42 Å². The van der Waals surface area contributed by atoms with Crippen LogP contribution in [0, 0.1) is 0 Å². The van der Waals surface area contributed by atoms with Gasteiger partial charge in [0.15, 0.2) is 0 Å². The van der Waals surface area contributed by atoms with Gasteiger partial charge in [-0.05, 0) is 19.9 Å². The largest absolute Gasteiger partial charge is 0.481 e. The highest BCUT2D eigenvalue weighted by molar-refractivity contribution is 5.69. The summed E-state index contributed by atoms with van der Waals surface area (Å²) in [4.78, 5) is 17.5. The molecule has 5 nitrogen and oxygen atoms in total. The van der Waals surface area contributed by atoms with Crippen molar-refractivity contribution < 1.29 is 23.1 Å². The van der Waals surface area contributed by atoms with E-state index in [1.54, 1.807) is 0 Å². The topological polar surface area (TPSA) is 75.1 Å². The fourth-order valence-corrected chi connectivity index (χ4v) is 1.30. The molecule has 0 saturated carbocycles. The van der Waals surface area contributed by atoms with Crippen LogP contribution in [0.2, 0.25) is 0 Å². The molecule has 1 rings (SSSR count).